The van der Waals surface area contributed by atoms with Crippen molar-refractivity contribution in [1.29, 1.82) is 0 Å². The van der Waals surface area contributed by atoms with E-state index in [-0.39, 0.29) is 5.91 Å². The molecule has 1 aromatic carbocycles. The smallest absolute Gasteiger partial charge is 0.293 e. The number of nitrogens with one attached hydrogen (secondary N) is 1. The molecule has 2 heterocycles. The summed E-state index contributed by atoms with van der Waals surface area (Å²) < 4.78 is 10.9. The van der Waals surface area contributed by atoms with Crippen LogP contribution in [0, 0.1) is 6.92 Å². The molecular formula is C15H16N2O3S. The number of morpholine rings is 1. The second-order valence-electron chi connectivity index (χ2n) is 4.91. The first-order chi connectivity index (χ1) is 10.2. The number of hydrogen-bond acceptors (Lipinski definition) is 4. The highest BCUT2D eigenvalue weighted by atomic mass is 32.1. The number of carbonyl (C=O) groups is 1. The van der Waals surface area contributed by atoms with Gasteiger partial charge in [0.1, 0.15) is 5.58 Å². The molecule has 1 fully saturated rings. The number of aryl methyl sites for hydroxylation is 1. The molecule has 21 heavy (non-hydrogen) atoms. The van der Waals surface area contributed by atoms with Crippen LogP contribution in [0.15, 0.2) is 28.7 Å². The first-order valence-corrected chi connectivity index (χ1v) is 7.24. The van der Waals surface area contributed by atoms with E-state index in [9.17, 15) is 4.79 Å². The van der Waals surface area contributed by atoms with Gasteiger partial charge in [-0.1, -0.05) is 18.2 Å². The molecule has 1 N–H and O–H groups in total. The maximum absolute atomic E-state index is 12.3. The number of fused-ring (bicyclic) bond motifs is 1. The zero-order chi connectivity index (χ0) is 14.8. The van der Waals surface area contributed by atoms with Crippen LogP contribution in [0.5, 0.6) is 0 Å². The fourth-order valence-corrected chi connectivity index (χ4v) is 2.67. The predicted molar refractivity (Wildman–Crippen MR) is 83.4 cm³/mol. The van der Waals surface area contributed by atoms with E-state index in [0.29, 0.717) is 42.8 Å². The van der Waals surface area contributed by atoms with Gasteiger partial charge in [-0.05, 0) is 25.2 Å². The molecule has 5 nitrogen and oxygen atoms in total. The number of nitrogens with zero attached hydrogens (tertiary/aromatic N) is 1. The number of benzene rings is 1. The number of furan rings is 1. The standard InChI is InChI=1S/C15H16N2O3S/c1-10-11-4-2-3-5-12(11)20-13(10)14(18)16-15(21)17-6-8-19-9-7-17/h2-5H,6-9H2,1H3,(H,16,18,21). The van der Waals surface area contributed by atoms with Gasteiger partial charge in [0.15, 0.2) is 10.9 Å². The van der Waals surface area contributed by atoms with Crippen molar-refractivity contribution in [3.63, 3.8) is 0 Å². The third-order valence-electron chi connectivity index (χ3n) is 3.57. The van der Waals surface area contributed by atoms with Gasteiger partial charge in [-0.3, -0.25) is 10.1 Å². The van der Waals surface area contributed by atoms with Crippen LogP contribution in [0.4, 0.5) is 0 Å². The van der Waals surface area contributed by atoms with Crippen LogP contribution in [0.2, 0.25) is 0 Å². The Morgan fingerprint density at radius 1 is 1.29 bits per heavy atom. The van der Waals surface area contributed by atoms with E-state index in [2.05, 4.69) is 5.32 Å². The lowest BCUT2D eigenvalue weighted by molar-refractivity contribution is 0.0667. The van der Waals surface area contributed by atoms with Crippen molar-refractivity contribution in [1.82, 2.24) is 10.2 Å². The van der Waals surface area contributed by atoms with E-state index in [1.165, 1.54) is 0 Å². The van der Waals surface area contributed by atoms with Gasteiger partial charge in [0.2, 0.25) is 0 Å². The summed E-state index contributed by atoms with van der Waals surface area (Å²) in [5, 5.41) is 4.10. The maximum Gasteiger partial charge on any atom is 0.293 e. The Bertz CT molecular complexity index is 689. The first kappa shape index (κ1) is 14.0. The maximum atomic E-state index is 12.3. The van der Waals surface area contributed by atoms with E-state index in [1.807, 2.05) is 36.1 Å². The molecule has 0 aliphatic carbocycles. The van der Waals surface area contributed by atoms with Crippen molar-refractivity contribution in [3.8, 4) is 0 Å². The van der Waals surface area contributed by atoms with Crippen LogP contribution in [-0.2, 0) is 4.74 Å². The van der Waals surface area contributed by atoms with Gasteiger partial charge < -0.3 is 14.1 Å². The average molecular weight is 304 g/mol. The monoisotopic (exact) mass is 304 g/mol. The molecule has 0 unspecified atom stereocenters. The van der Waals surface area contributed by atoms with Gasteiger partial charge in [-0.15, -0.1) is 0 Å². The van der Waals surface area contributed by atoms with Crippen molar-refractivity contribution in [2.24, 2.45) is 0 Å². The minimum Gasteiger partial charge on any atom is -0.451 e. The van der Waals surface area contributed by atoms with Crippen molar-refractivity contribution in [3.05, 3.63) is 35.6 Å². The number of amides is 1. The third-order valence-corrected chi connectivity index (χ3v) is 3.93. The van der Waals surface area contributed by atoms with E-state index in [0.717, 1.165) is 10.9 Å². The van der Waals surface area contributed by atoms with Crippen LogP contribution >= 0.6 is 12.2 Å². The summed E-state index contributed by atoms with van der Waals surface area (Å²) >= 11 is 5.27. The number of hydrogen-bond donors (Lipinski definition) is 1. The molecule has 0 saturated carbocycles. The summed E-state index contributed by atoms with van der Waals surface area (Å²) in [5.74, 6) is 0.00648. The Balaban J connectivity index is 1.77. The molecule has 1 aliphatic heterocycles. The molecule has 0 atom stereocenters. The largest absolute Gasteiger partial charge is 0.451 e. The Hall–Kier alpha value is -1.92. The first-order valence-electron chi connectivity index (χ1n) is 6.83. The third kappa shape index (κ3) is 2.77. The van der Waals surface area contributed by atoms with Gasteiger partial charge in [-0.25, -0.2) is 0 Å². The molecular weight excluding hydrogens is 288 g/mol. The molecule has 0 bridgehead atoms. The van der Waals surface area contributed by atoms with Crippen molar-refractivity contribution >= 4 is 34.2 Å². The summed E-state index contributed by atoms with van der Waals surface area (Å²) in [4.78, 5) is 14.3. The molecule has 1 aliphatic rings. The normalized spacial score (nSPS) is 15.2. The summed E-state index contributed by atoms with van der Waals surface area (Å²) in [6, 6.07) is 7.58. The number of para-hydroxylation sites is 1. The van der Waals surface area contributed by atoms with Crippen molar-refractivity contribution < 1.29 is 13.9 Å². The van der Waals surface area contributed by atoms with E-state index >= 15 is 0 Å². The van der Waals surface area contributed by atoms with Gasteiger partial charge in [0.05, 0.1) is 13.2 Å². The van der Waals surface area contributed by atoms with Gasteiger partial charge in [0.25, 0.3) is 5.91 Å². The van der Waals surface area contributed by atoms with Gasteiger partial charge in [0, 0.05) is 24.0 Å². The van der Waals surface area contributed by atoms with E-state index in [4.69, 9.17) is 21.4 Å². The van der Waals surface area contributed by atoms with Gasteiger partial charge in [-0.2, -0.15) is 0 Å². The fraction of sp³-hybridized carbons (Fsp3) is 0.333. The highest BCUT2D eigenvalue weighted by Crippen LogP contribution is 2.24. The molecule has 3 rings (SSSR count). The zero-order valence-electron chi connectivity index (χ0n) is 11.7. The Morgan fingerprint density at radius 2 is 2.00 bits per heavy atom. The summed E-state index contributed by atoms with van der Waals surface area (Å²) in [6.07, 6.45) is 0. The minimum atomic E-state index is -0.305. The SMILES string of the molecule is Cc1c(C(=O)NC(=S)N2CCOCC2)oc2ccccc12. The molecule has 6 heteroatoms. The van der Waals surface area contributed by atoms with Crippen molar-refractivity contribution in [2.45, 2.75) is 6.92 Å². The molecule has 0 spiro atoms. The number of thiocarbonyl (C=S) groups is 1. The quantitative estimate of drug-likeness (QED) is 0.818. The van der Waals surface area contributed by atoms with E-state index in [1.54, 1.807) is 0 Å². The van der Waals surface area contributed by atoms with Crippen LogP contribution in [0.3, 0.4) is 0 Å². The van der Waals surface area contributed by atoms with Gasteiger partial charge >= 0.3 is 0 Å². The molecule has 1 amide bonds. The lowest BCUT2D eigenvalue weighted by Gasteiger charge is -2.28. The lowest BCUT2D eigenvalue weighted by Crippen LogP contribution is -2.47. The lowest BCUT2D eigenvalue weighted by atomic mass is 10.1. The number of carbonyl (C=O) groups excluding carboxylic acids is 1. The van der Waals surface area contributed by atoms with Crippen molar-refractivity contribution in [2.75, 3.05) is 26.3 Å². The summed E-state index contributed by atoms with van der Waals surface area (Å²) in [7, 11) is 0. The molecule has 2 aromatic rings. The Labute approximate surface area is 127 Å². The number of rotatable bonds is 1. The number of ether oxygens (including phenoxy) is 1. The highest BCUT2D eigenvalue weighted by Gasteiger charge is 2.21. The minimum absolute atomic E-state index is 0.305. The van der Waals surface area contributed by atoms with Crippen LogP contribution < -0.4 is 5.32 Å². The highest BCUT2D eigenvalue weighted by molar-refractivity contribution is 7.80. The Morgan fingerprint density at radius 3 is 2.71 bits per heavy atom. The van der Waals surface area contributed by atoms with Crippen LogP contribution in [-0.4, -0.2) is 42.2 Å². The molecule has 0 radical (unpaired) electrons. The predicted octanol–water partition coefficient (Wildman–Crippen LogP) is 2.09. The summed E-state index contributed by atoms with van der Waals surface area (Å²) in [6.45, 7) is 4.51. The fourth-order valence-electron chi connectivity index (χ4n) is 2.39. The second kappa shape index (κ2) is 5.83. The topological polar surface area (TPSA) is 54.7 Å². The molecule has 110 valence electrons. The average Bonchev–Trinajstić information content (AvgIpc) is 2.86. The molecule has 1 saturated heterocycles. The zero-order valence-corrected chi connectivity index (χ0v) is 12.5. The second-order valence-corrected chi connectivity index (χ2v) is 5.30. The molecule has 1 aromatic heterocycles. The van der Waals surface area contributed by atoms with Crippen LogP contribution in [0.1, 0.15) is 16.1 Å². The van der Waals surface area contributed by atoms with E-state index < -0.39 is 0 Å². The van der Waals surface area contributed by atoms with Crippen LogP contribution in [0.25, 0.3) is 11.0 Å². The Kier molecular flexibility index (Phi) is 3.90. The summed E-state index contributed by atoms with van der Waals surface area (Å²) in [5.41, 5.74) is 1.53.